The number of benzene rings is 1. The highest BCUT2D eigenvalue weighted by molar-refractivity contribution is 6.31. The van der Waals surface area contributed by atoms with Gasteiger partial charge in [-0.25, -0.2) is 4.39 Å². The monoisotopic (exact) mass is 282 g/mol. The van der Waals surface area contributed by atoms with Crippen molar-refractivity contribution in [2.75, 3.05) is 13.1 Å². The van der Waals surface area contributed by atoms with Gasteiger partial charge >= 0.3 is 0 Å². The van der Waals surface area contributed by atoms with E-state index in [9.17, 15) is 4.39 Å². The van der Waals surface area contributed by atoms with Crippen molar-refractivity contribution < 1.29 is 4.39 Å². The fraction of sp³-hybridized carbons (Fsp3) is 0.600. The highest BCUT2D eigenvalue weighted by Gasteiger charge is 2.31. The normalized spacial score (nSPS) is 27.5. The Morgan fingerprint density at radius 1 is 1.32 bits per heavy atom. The van der Waals surface area contributed by atoms with Crippen LogP contribution in [0.1, 0.15) is 31.2 Å². The minimum atomic E-state index is -0.210. The molecule has 19 heavy (non-hydrogen) atoms. The summed E-state index contributed by atoms with van der Waals surface area (Å²) in [6.45, 7) is 2.97. The van der Waals surface area contributed by atoms with Gasteiger partial charge in [0.05, 0.1) is 0 Å². The average Bonchev–Trinajstić information content (AvgIpc) is 2.85. The van der Waals surface area contributed by atoms with Crippen LogP contribution in [-0.4, -0.2) is 30.1 Å². The van der Waals surface area contributed by atoms with Crippen LogP contribution in [-0.2, 0) is 6.54 Å². The summed E-state index contributed by atoms with van der Waals surface area (Å²) in [6.07, 6.45) is 4.99. The molecule has 0 aliphatic carbocycles. The zero-order chi connectivity index (χ0) is 13.2. The van der Waals surface area contributed by atoms with E-state index in [-0.39, 0.29) is 5.82 Å². The SMILES string of the molecule is Fc1cccc(Cl)c1CNC1CCN2CCCC2C1. The van der Waals surface area contributed by atoms with Crippen molar-refractivity contribution >= 4 is 11.6 Å². The van der Waals surface area contributed by atoms with Crippen molar-refractivity contribution in [2.24, 2.45) is 0 Å². The summed E-state index contributed by atoms with van der Waals surface area (Å²) in [6, 6.07) is 6.11. The first-order valence-corrected chi connectivity index (χ1v) is 7.52. The van der Waals surface area contributed by atoms with Crippen molar-refractivity contribution in [2.45, 2.75) is 44.3 Å². The number of nitrogens with one attached hydrogen (secondary N) is 1. The molecule has 1 N–H and O–H groups in total. The maximum atomic E-state index is 13.7. The van der Waals surface area contributed by atoms with Crippen LogP contribution >= 0.6 is 11.6 Å². The molecule has 0 bridgehead atoms. The van der Waals surface area contributed by atoms with Crippen LogP contribution in [0.2, 0.25) is 5.02 Å². The first-order valence-electron chi connectivity index (χ1n) is 7.14. The van der Waals surface area contributed by atoms with Crippen LogP contribution in [0.4, 0.5) is 4.39 Å². The summed E-state index contributed by atoms with van der Waals surface area (Å²) >= 11 is 6.05. The molecule has 2 atom stereocenters. The van der Waals surface area contributed by atoms with Gasteiger partial charge in [-0.15, -0.1) is 0 Å². The molecule has 0 radical (unpaired) electrons. The van der Waals surface area contributed by atoms with E-state index >= 15 is 0 Å². The van der Waals surface area contributed by atoms with Gasteiger partial charge in [0.2, 0.25) is 0 Å². The van der Waals surface area contributed by atoms with Gasteiger partial charge in [-0.2, -0.15) is 0 Å². The number of halogens is 2. The lowest BCUT2D eigenvalue weighted by Gasteiger charge is -2.35. The fourth-order valence-corrected chi connectivity index (χ4v) is 3.59. The molecule has 0 aromatic heterocycles. The van der Waals surface area contributed by atoms with Crippen molar-refractivity contribution in [3.8, 4) is 0 Å². The molecule has 2 aliphatic rings. The van der Waals surface area contributed by atoms with E-state index in [1.807, 2.05) is 0 Å². The van der Waals surface area contributed by atoms with Crippen LogP contribution in [0.25, 0.3) is 0 Å². The van der Waals surface area contributed by atoms with E-state index in [0.29, 0.717) is 23.2 Å². The minimum absolute atomic E-state index is 0.210. The zero-order valence-electron chi connectivity index (χ0n) is 11.0. The summed E-state index contributed by atoms with van der Waals surface area (Å²) in [7, 11) is 0. The third-order valence-corrected chi connectivity index (χ3v) is 4.80. The minimum Gasteiger partial charge on any atom is -0.310 e. The average molecular weight is 283 g/mol. The first kappa shape index (κ1) is 13.3. The summed E-state index contributed by atoms with van der Waals surface area (Å²) in [5, 5.41) is 4.00. The molecular formula is C15H20ClFN2. The second kappa shape index (κ2) is 5.78. The molecule has 2 aliphatic heterocycles. The van der Waals surface area contributed by atoms with Crippen molar-refractivity contribution in [3.63, 3.8) is 0 Å². The van der Waals surface area contributed by atoms with Crippen molar-refractivity contribution in [1.82, 2.24) is 10.2 Å². The van der Waals surface area contributed by atoms with Crippen LogP contribution < -0.4 is 5.32 Å². The molecule has 2 heterocycles. The van der Waals surface area contributed by atoms with Gasteiger partial charge in [-0.3, -0.25) is 0 Å². The molecule has 0 amide bonds. The molecule has 4 heteroatoms. The lowest BCUT2D eigenvalue weighted by Crippen LogP contribution is -2.45. The number of hydrogen-bond donors (Lipinski definition) is 1. The lowest BCUT2D eigenvalue weighted by atomic mass is 9.97. The Bertz CT molecular complexity index is 432. The van der Waals surface area contributed by atoms with E-state index in [2.05, 4.69) is 10.2 Å². The first-order chi connectivity index (χ1) is 9.24. The third kappa shape index (κ3) is 2.93. The van der Waals surface area contributed by atoms with E-state index in [1.165, 1.54) is 38.4 Å². The molecule has 2 saturated heterocycles. The Morgan fingerprint density at radius 3 is 3.05 bits per heavy atom. The fourth-order valence-electron chi connectivity index (χ4n) is 3.36. The van der Waals surface area contributed by atoms with Crippen LogP contribution in [0.3, 0.4) is 0 Å². The Morgan fingerprint density at radius 2 is 2.21 bits per heavy atom. The van der Waals surface area contributed by atoms with Gasteiger partial charge in [0.15, 0.2) is 0 Å². The molecule has 0 saturated carbocycles. The lowest BCUT2D eigenvalue weighted by molar-refractivity contribution is 0.166. The van der Waals surface area contributed by atoms with E-state index < -0.39 is 0 Å². The summed E-state index contributed by atoms with van der Waals surface area (Å²) in [4.78, 5) is 2.59. The highest BCUT2D eigenvalue weighted by Crippen LogP contribution is 2.27. The van der Waals surface area contributed by atoms with Gasteiger partial charge in [-0.1, -0.05) is 17.7 Å². The Kier molecular flexibility index (Phi) is 4.06. The Balaban J connectivity index is 1.58. The Labute approximate surface area is 118 Å². The van der Waals surface area contributed by atoms with Crippen molar-refractivity contribution in [1.29, 1.82) is 0 Å². The smallest absolute Gasteiger partial charge is 0.129 e. The topological polar surface area (TPSA) is 15.3 Å². The molecule has 0 spiro atoms. The maximum absolute atomic E-state index is 13.7. The van der Waals surface area contributed by atoms with Gasteiger partial charge in [0.25, 0.3) is 0 Å². The number of hydrogen-bond acceptors (Lipinski definition) is 2. The predicted octanol–water partition coefficient (Wildman–Crippen LogP) is 3.20. The van der Waals surface area contributed by atoms with Crippen LogP contribution in [0.15, 0.2) is 18.2 Å². The van der Waals surface area contributed by atoms with E-state index in [1.54, 1.807) is 12.1 Å². The standard InChI is InChI=1S/C15H20ClFN2/c16-14-4-1-5-15(17)13(14)10-18-11-6-8-19-7-2-3-12(19)9-11/h1,4-5,11-12,18H,2-3,6-10H2. The number of piperidine rings is 1. The highest BCUT2D eigenvalue weighted by atomic mass is 35.5. The molecule has 2 fully saturated rings. The largest absolute Gasteiger partial charge is 0.310 e. The summed E-state index contributed by atoms with van der Waals surface area (Å²) < 4.78 is 13.7. The van der Waals surface area contributed by atoms with Crippen molar-refractivity contribution in [3.05, 3.63) is 34.6 Å². The number of rotatable bonds is 3. The molecule has 1 aromatic rings. The van der Waals surface area contributed by atoms with Gasteiger partial charge in [0.1, 0.15) is 5.82 Å². The molecule has 104 valence electrons. The molecule has 2 unspecified atom stereocenters. The molecular weight excluding hydrogens is 263 g/mol. The van der Waals surface area contributed by atoms with Crippen LogP contribution in [0.5, 0.6) is 0 Å². The van der Waals surface area contributed by atoms with Gasteiger partial charge in [0, 0.05) is 29.2 Å². The Hall–Kier alpha value is -0.640. The second-order valence-corrected chi connectivity index (χ2v) is 6.04. The van der Waals surface area contributed by atoms with Gasteiger partial charge in [-0.05, 0) is 50.9 Å². The molecule has 3 rings (SSSR count). The predicted molar refractivity (Wildman–Crippen MR) is 75.9 cm³/mol. The third-order valence-electron chi connectivity index (χ3n) is 4.45. The summed E-state index contributed by atoms with van der Waals surface area (Å²) in [5.41, 5.74) is 0.595. The number of fused-ring (bicyclic) bond motifs is 1. The molecule has 2 nitrogen and oxygen atoms in total. The van der Waals surface area contributed by atoms with Crippen LogP contribution in [0, 0.1) is 5.82 Å². The molecule has 1 aromatic carbocycles. The quantitative estimate of drug-likeness (QED) is 0.916. The van der Waals surface area contributed by atoms with E-state index in [0.717, 1.165) is 12.5 Å². The summed E-state index contributed by atoms with van der Waals surface area (Å²) in [5.74, 6) is -0.210. The van der Waals surface area contributed by atoms with E-state index in [4.69, 9.17) is 11.6 Å². The number of nitrogens with zero attached hydrogens (tertiary/aromatic N) is 1. The second-order valence-electron chi connectivity index (χ2n) is 5.63. The van der Waals surface area contributed by atoms with Gasteiger partial charge < -0.3 is 10.2 Å². The maximum Gasteiger partial charge on any atom is 0.129 e. The zero-order valence-corrected chi connectivity index (χ0v) is 11.8.